The number of nitrogens with zero attached hydrogens (tertiary/aromatic N) is 1. The standard InChI is InChI=1S/C18H19NO2/c1-18(21-13-16-10-6-3-7-11-16)14-19(17(18)20)12-15-8-4-2-5-9-15/h2-11H,12-14H2,1H3. The molecule has 3 rings (SSSR count). The van der Waals surface area contributed by atoms with Crippen molar-refractivity contribution in [3.05, 3.63) is 71.8 Å². The number of carbonyl (C=O) groups is 1. The molecule has 3 nitrogen and oxygen atoms in total. The fourth-order valence-electron chi connectivity index (χ4n) is 2.60. The van der Waals surface area contributed by atoms with E-state index in [9.17, 15) is 4.79 Å². The van der Waals surface area contributed by atoms with Crippen LogP contribution in [0.3, 0.4) is 0 Å². The molecule has 108 valence electrons. The lowest BCUT2D eigenvalue weighted by Gasteiger charge is -2.46. The Hall–Kier alpha value is -2.13. The van der Waals surface area contributed by atoms with Crippen LogP contribution in [0.2, 0.25) is 0 Å². The summed E-state index contributed by atoms with van der Waals surface area (Å²) in [6.07, 6.45) is 0. The molecule has 1 aliphatic rings. The Morgan fingerprint density at radius 2 is 1.57 bits per heavy atom. The zero-order chi connectivity index (χ0) is 14.7. The molecule has 0 aliphatic carbocycles. The third-order valence-electron chi connectivity index (χ3n) is 3.85. The largest absolute Gasteiger partial charge is 0.359 e. The summed E-state index contributed by atoms with van der Waals surface area (Å²) < 4.78 is 5.84. The lowest BCUT2D eigenvalue weighted by Crippen LogP contribution is -2.65. The summed E-state index contributed by atoms with van der Waals surface area (Å²) in [6.45, 7) is 3.65. The van der Waals surface area contributed by atoms with Crippen LogP contribution in [0.25, 0.3) is 0 Å². The van der Waals surface area contributed by atoms with Gasteiger partial charge in [0.1, 0.15) is 0 Å². The number of hydrogen-bond donors (Lipinski definition) is 0. The van der Waals surface area contributed by atoms with Gasteiger partial charge in [-0.05, 0) is 18.1 Å². The van der Waals surface area contributed by atoms with E-state index >= 15 is 0 Å². The molecule has 1 aliphatic heterocycles. The molecule has 1 atom stereocenters. The van der Waals surface area contributed by atoms with Crippen molar-refractivity contribution >= 4 is 5.91 Å². The molecule has 3 heteroatoms. The van der Waals surface area contributed by atoms with Crippen molar-refractivity contribution in [3.63, 3.8) is 0 Å². The molecule has 1 fully saturated rings. The zero-order valence-corrected chi connectivity index (χ0v) is 12.2. The summed E-state index contributed by atoms with van der Waals surface area (Å²) in [5.74, 6) is 0.0716. The summed E-state index contributed by atoms with van der Waals surface area (Å²) in [5, 5.41) is 0. The van der Waals surface area contributed by atoms with Gasteiger partial charge in [0, 0.05) is 6.54 Å². The minimum atomic E-state index is -0.676. The van der Waals surface area contributed by atoms with E-state index in [0.29, 0.717) is 19.7 Å². The second kappa shape index (κ2) is 5.70. The van der Waals surface area contributed by atoms with Gasteiger partial charge in [-0.15, -0.1) is 0 Å². The Morgan fingerprint density at radius 3 is 2.14 bits per heavy atom. The summed E-state index contributed by atoms with van der Waals surface area (Å²) in [5.41, 5.74) is 1.56. The Labute approximate surface area is 125 Å². The Kier molecular flexibility index (Phi) is 3.76. The predicted octanol–water partition coefficient (Wildman–Crippen LogP) is 3.00. The number of carbonyl (C=O) groups excluding carboxylic acids is 1. The molecule has 1 amide bonds. The summed E-state index contributed by atoms with van der Waals surface area (Å²) in [6, 6.07) is 20.0. The van der Waals surface area contributed by atoms with E-state index in [-0.39, 0.29) is 5.91 Å². The van der Waals surface area contributed by atoms with Crippen LogP contribution >= 0.6 is 0 Å². The molecule has 1 unspecified atom stereocenters. The fraction of sp³-hybridized carbons (Fsp3) is 0.278. The molecule has 0 bridgehead atoms. The minimum absolute atomic E-state index is 0.0716. The monoisotopic (exact) mass is 281 g/mol. The molecule has 0 saturated carbocycles. The number of likely N-dealkylation sites (tertiary alicyclic amines) is 1. The topological polar surface area (TPSA) is 29.5 Å². The third kappa shape index (κ3) is 2.98. The quantitative estimate of drug-likeness (QED) is 0.788. The zero-order valence-electron chi connectivity index (χ0n) is 12.2. The summed E-state index contributed by atoms with van der Waals surface area (Å²) >= 11 is 0. The molecular formula is C18H19NO2. The first kappa shape index (κ1) is 13.8. The second-order valence-electron chi connectivity index (χ2n) is 5.65. The van der Waals surface area contributed by atoms with E-state index in [4.69, 9.17) is 4.74 Å². The van der Waals surface area contributed by atoms with E-state index in [1.165, 1.54) is 0 Å². The number of hydrogen-bond acceptors (Lipinski definition) is 2. The van der Waals surface area contributed by atoms with Gasteiger partial charge in [-0.25, -0.2) is 0 Å². The van der Waals surface area contributed by atoms with E-state index in [1.54, 1.807) is 0 Å². The maximum Gasteiger partial charge on any atom is 0.256 e. The molecular weight excluding hydrogens is 262 g/mol. The van der Waals surface area contributed by atoms with Gasteiger partial charge in [-0.2, -0.15) is 0 Å². The van der Waals surface area contributed by atoms with Crippen LogP contribution in [0.5, 0.6) is 0 Å². The fourth-order valence-corrected chi connectivity index (χ4v) is 2.60. The van der Waals surface area contributed by atoms with E-state index in [1.807, 2.05) is 72.5 Å². The normalized spacial score (nSPS) is 21.2. The number of rotatable bonds is 5. The van der Waals surface area contributed by atoms with Crippen molar-refractivity contribution < 1.29 is 9.53 Å². The minimum Gasteiger partial charge on any atom is -0.359 e. The Morgan fingerprint density at radius 1 is 1.00 bits per heavy atom. The van der Waals surface area contributed by atoms with Gasteiger partial charge in [-0.1, -0.05) is 60.7 Å². The number of benzene rings is 2. The molecule has 1 saturated heterocycles. The molecule has 0 radical (unpaired) electrons. The van der Waals surface area contributed by atoms with Gasteiger partial charge < -0.3 is 9.64 Å². The van der Waals surface area contributed by atoms with Crippen LogP contribution in [0.15, 0.2) is 60.7 Å². The van der Waals surface area contributed by atoms with Crippen LogP contribution in [0, 0.1) is 0 Å². The van der Waals surface area contributed by atoms with Crippen LogP contribution in [-0.2, 0) is 22.7 Å². The Balaban J connectivity index is 1.55. The first-order chi connectivity index (χ1) is 10.2. The summed E-state index contributed by atoms with van der Waals surface area (Å²) in [4.78, 5) is 14.1. The van der Waals surface area contributed by atoms with Crippen LogP contribution < -0.4 is 0 Å². The van der Waals surface area contributed by atoms with Gasteiger partial charge in [0.15, 0.2) is 5.60 Å². The van der Waals surface area contributed by atoms with E-state index in [0.717, 1.165) is 11.1 Å². The van der Waals surface area contributed by atoms with Crippen LogP contribution in [0.4, 0.5) is 0 Å². The highest BCUT2D eigenvalue weighted by molar-refractivity contribution is 5.91. The molecule has 21 heavy (non-hydrogen) atoms. The average molecular weight is 281 g/mol. The molecule has 2 aromatic carbocycles. The molecule has 0 aromatic heterocycles. The van der Waals surface area contributed by atoms with Gasteiger partial charge in [0.05, 0.1) is 13.2 Å². The lowest BCUT2D eigenvalue weighted by atomic mass is 9.94. The molecule has 0 N–H and O–H groups in total. The van der Waals surface area contributed by atoms with Gasteiger partial charge in [0.25, 0.3) is 5.91 Å². The maximum absolute atomic E-state index is 12.3. The smallest absolute Gasteiger partial charge is 0.256 e. The maximum atomic E-state index is 12.3. The highest BCUT2D eigenvalue weighted by Crippen LogP contribution is 2.29. The lowest BCUT2D eigenvalue weighted by molar-refractivity contribution is -0.186. The van der Waals surface area contributed by atoms with E-state index < -0.39 is 5.60 Å². The van der Waals surface area contributed by atoms with Gasteiger partial charge in [0.2, 0.25) is 0 Å². The van der Waals surface area contributed by atoms with Crippen molar-refractivity contribution in [1.82, 2.24) is 4.90 Å². The summed E-state index contributed by atoms with van der Waals surface area (Å²) in [7, 11) is 0. The average Bonchev–Trinajstić information content (AvgIpc) is 2.54. The SMILES string of the molecule is CC1(OCc2ccccc2)CN(Cc2ccccc2)C1=O. The van der Waals surface area contributed by atoms with Crippen molar-refractivity contribution in [2.24, 2.45) is 0 Å². The van der Waals surface area contributed by atoms with Crippen LogP contribution in [0.1, 0.15) is 18.1 Å². The van der Waals surface area contributed by atoms with Crippen molar-refractivity contribution in [2.75, 3.05) is 6.54 Å². The molecule has 0 spiro atoms. The van der Waals surface area contributed by atoms with Crippen molar-refractivity contribution in [3.8, 4) is 0 Å². The highest BCUT2D eigenvalue weighted by Gasteiger charge is 2.49. The first-order valence-corrected chi connectivity index (χ1v) is 7.19. The highest BCUT2D eigenvalue weighted by atomic mass is 16.5. The van der Waals surface area contributed by atoms with E-state index in [2.05, 4.69) is 0 Å². The molecule has 1 heterocycles. The third-order valence-corrected chi connectivity index (χ3v) is 3.85. The van der Waals surface area contributed by atoms with Crippen LogP contribution in [-0.4, -0.2) is 23.0 Å². The number of amides is 1. The van der Waals surface area contributed by atoms with Gasteiger partial charge >= 0.3 is 0 Å². The predicted molar refractivity (Wildman–Crippen MR) is 81.5 cm³/mol. The number of ether oxygens (including phenoxy) is 1. The van der Waals surface area contributed by atoms with Crippen molar-refractivity contribution in [1.29, 1.82) is 0 Å². The molecule has 2 aromatic rings. The first-order valence-electron chi connectivity index (χ1n) is 7.19. The number of β-lactam (4-membered cyclic amide) rings is 1. The van der Waals surface area contributed by atoms with Gasteiger partial charge in [-0.3, -0.25) is 4.79 Å². The van der Waals surface area contributed by atoms with Crippen molar-refractivity contribution in [2.45, 2.75) is 25.7 Å². The Bertz CT molecular complexity index is 612. The second-order valence-corrected chi connectivity index (χ2v) is 5.65.